The van der Waals surface area contributed by atoms with E-state index < -0.39 is 0 Å². The molecule has 0 radical (unpaired) electrons. The zero-order valence-corrected chi connectivity index (χ0v) is 16.2. The highest BCUT2D eigenvalue weighted by Crippen LogP contribution is 2.27. The molecule has 30 heavy (non-hydrogen) atoms. The Morgan fingerprint density at radius 2 is 1.57 bits per heavy atom. The monoisotopic (exact) mass is 393 g/mol. The SMILES string of the molecule is Oc1c(Cc2cnccn2)nc2c(Cc3ccccc3)nc(-c3ccccc3)cn12. The highest BCUT2D eigenvalue weighted by atomic mass is 16.3. The van der Waals surface area contributed by atoms with Crippen molar-refractivity contribution in [3.05, 3.63) is 108 Å². The molecule has 5 rings (SSSR count). The molecule has 0 bridgehead atoms. The van der Waals surface area contributed by atoms with Crippen LogP contribution in [-0.4, -0.2) is 29.4 Å². The molecular formula is C24H19N5O. The third-order valence-corrected chi connectivity index (χ3v) is 4.97. The van der Waals surface area contributed by atoms with Crippen LogP contribution in [0.1, 0.15) is 22.6 Å². The maximum atomic E-state index is 10.9. The average molecular weight is 393 g/mol. The van der Waals surface area contributed by atoms with Crippen molar-refractivity contribution in [2.45, 2.75) is 12.8 Å². The lowest BCUT2D eigenvalue weighted by molar-refractivity contribution is 0.442. The maximum Gasteiger partial charge on any atom is 0.219 e. The molecule has 0 aliphatic rings. The molecule has 3 heterocycles. The van der Waals surface area contributed by atoms with E-state index in [0.717, 1.165) is 28.2 Å². The molecule has 3 aromatic heterocycles. The molecule has 0 saturated heterocycles. The second-order valence-electron chi connectivity index (χ2n) is 7.05. The lowest BCUT2D eigenvalue weighted by Crippen LogP contribution is -2.00. The first kappa shape index (κ1) is 18.0. The molecule has 0 spiro atoms. The number of benzene rings is 2. The quantitative estimate of drug-likeness (QED) is 0.487. The van der Waals surface area contributed by atoms with Gasteiger partial charge >= 0.3 is 0 Å². The predicted molar refractivity (Wildman–Crippen MR) is 114 cm³/mol. The second-order valence-corrected chi connectivity index (χ2v) is 7.05. The van der Waals surface area contributed by atoms with Gasteiger partial charge in [-0.3, -0.25) is 14.4 Å². The van der Waals surface area contributed by atoms with E-state index in [0.29, 0.717) is 24.2 Å². The molecule has 1 N–H and O–H groups in total. The summed E-state index contributed by atoms with van der Waals surface area (Å²) in [6.45, 7) is 0. The summed E-state index contributed by atoms with van der Waals surface area (Å²) in [6.07, 6.45) is 7.79. The van der Waals surface area contributed by atoms with Crippen LogP contribution < -0.4 is 0 Å². The van der Waals surface area contributed by atoms with Crippen molar-refractivity contribution in [3.8, 4) is 17.1 Å². The number of aromatic nitrogens is 5. The topological polar surface area (TPSA) is 76.2 Å². The summed E-state index contributed by atoms with van der Waals surface area (Å²) in [5.74, 6) is 0.101. The number of hydrogen-bond donors (Lipinski definition) is 1. The smallest absolute Gasteiger partial charge is 0.219 e. The molecular weight excluding hydrogens is 374 g/mol. The second kappa shape index (κ2) is 7.75. The highest BCUT2D eigenvalue weighted by Gasteiger charge is 2.18. The van der Waals surface area contributed by atoms with Crippen molar-refractivity contribution in [2.24, 2.45) is 0 Å². The van der Waals surface area contributed by atoms with Crippen LogP contribution in [0, 0.1) is 0 Å². The average Bonchev–Trinajstić information content (AvgIpc) is 3.11. The molecule has 0 saturated carbocycles. The van der Waals surface area contributed by atoms with E-state index >= 15 is 0 Å². The van der Waals surface area contributed by atoms with Crippen LogP contribution >= 0.6 is 0 Å². The standard InChI is InChI=1S/C24H19N5O/c30-24-21(14-19-15-25-11-12-26-19)28-23-20(13-17-7-3-1-4-8-17)27-22(16-29(23)24)18-9-5-2-6-10-18/h1-12,15-16,30H,13-14H2. The molecule has 2 aromatic carbocycles. The first-order valence-electron chi connectivity index (χ1n) is 9.72. The summed E-state index contributed by atoms with van der Waals surface area (Å²) in [4.78, 5) is 18.0. The van der Waals surface area contributed by atoms with Gasteiger partial charge in [0, 0.05) is 43.2 Å². The van der Waals surface area contributed by atoms with Gasteiger partial charge in [0.2, 0.25) is 5.88 Å². The van der Waals surface area contributed by atoms with Crippen LogP contribution in [-0.2, 0) is 12.8 Å². The van der Waals surface area contributed by atoms with Gasteiger partial charge in [-0.1, -0.05) is 60.7 Å². The highest BCUT2D eigenvalue weighted by molar-refractivity contribution is 5.63. The molecule has 0 atom stereocenters. The van der Waals surface area contributed by atoms with Crippen molar-refractivity contribution in [2.75, 3.05) is 0 Å². The number of hydrogen-bond acceptors (Lipinski definition) is 5. The first-order valence-corrected chi connectivity index (χ1v) is 9.72. The van der Waals surface area contributed by atoms with E-state index in [1.54, 1.807) is 23.0 Å². The number of imidazole rings is 1. The zero-order chi connectivity index (χ0) is 20.3. The van der Waals surface area contributed by atoms with Gasteiger partial charge in [-0.25, -0.2) is 9.97 Å². The van der Waals surface area contributed by atoms with Gasteiger partial charge in [-0.2, -0.15) is 0 Å². The fourth-order valence-electron chi connectivity index (χ4n) is 3.51. The Hall–Kier alpha value is -4.06. The lowest BCUT2D eigenvalue weighted by atomic mass is 10.1. The van der Waals surface area contributed by atoms with Crippen LogP contribution in [0.4, 0.5) is 0 Å². The molecule has 5 aromatic rings. The fraction of sp³-hybridized carbons (Fsp3) is 0.0833. The number of rotatable bonds is 5. The summed E-state index contributed by atoms with van der Waals surface area (Å²) >= 11 is 0. The summed E-state index contributed by atoms with van der Waals surface area (Å²) in [5.41, 5.74) is 5.66. The van der Waals surface area contributed by atoms with Gasteiger partial charge in [0.05, 0.1) is 17.1 Å². The van der Waals surface area contributed by atoms with Crippen molar-refractivity contribution < 1.29 is 5.11 Å². The molecule has 0 amide bonds. The minimum absolute atomic E-state index is 0.101. The van der Waals surface area contributed by atoms with Gasteiger partial charge in [-0.15, -0.1) is 0 Å². The third-order valence-electron chi connectivity index (χ3n) is 4.97. The third kappa shape index (κ3) is 3.51. The summed E-state index contributed by atoms with van der Waals surface area (Å²) in [7, 11) is 0. The van der Waals surface area contributed by atoms with Crippen LogP contribution in [0.2, 0.25) is 0 Å². The summed E-state index contributed by atoms with van der Waals surface area (Å²) in [5, 5.41) is 10.9. The summed E-state index contributed by atoms with van der Waals surface area (Å²) < 4.78 is 1.72. The molecule has 0 unspecified atom stereocenters. The largest absolute Gasteiger partial charge is 0.493 e. The Labute approximate surface area is 173 Å². The Morgan fingerprint density at radius 3 is 2.30 bits per heavy atom. The Kier molecular flexibility index (Phi) is 4.65. The van der Waals surface area contributed by atoms with Crippen molar-refractivity contribution >= 4 is 5.65 Å². The molecule has 0 aliphatic carbocycles. The first-order chi connectivity index (χ1) is 14.8. The Balaban J connectivity index is 1.66. The Morgan fingerprint density at radius 1 is 0.800 bits per heavy atom. The van der Waals surface area contributed by atoms with Crippen LogP contribution in [0.25, 0.3) is 16.9 Å². The van der Waals surface area contributed by atoms with Gasteiger partial charge in [0.15, 0.2) is 5.65 Å². The maximum absolute atomic E-state index is 10.9. The normalized spacial score (nSPS) is 11.1. The minimum Gasteiger partial charge on any atom is -0.493 e. The van der Waals surface area contributed by atoms with Crippen molar-refractivity contribution in [1.82, 2.24) is 24.3 Å². The number of fused-ring (bicyclic) bond motifs is 1. The van der Waals surface area contributed by atoms with Crippen LogP contribution in [0.3, 0.4) is 0 Å². The van der Waals surface area contributed by atoms with Gasteiger partial charge in [-0.05, 0) is 5.56 Å². The number of nitrogens with zero attached hydrogens (tertiary/aromatic N) is 5. The van der Waals surface area contributed by atoms with Crippen molar-refractivity contribution in [1.29, 1.82) is 0 Å². The molecule has 6 heteroatoms. The van der Waals surface area contributed by atoms with Gasteiger partial charge in [0.25, 0.3) is 0 Å². The fourth-order valence-corrected chi connectivity index (χ4v) is 3.51. The van der Waals surface area contributed by atoms with E-state index in [-0.39, 0.29) is 5.88 Å². The predicted octanol–water partition coefficient (Wildman–Crippen LogP) is 4.07. The molecule has 146 valence electrons. The van der Waals surface area contributed by atoms with E-state index in [1.165, 1.54) is 0 Å². The molecule has 0 aliphatic heterocycles. The van der Waals surface area contributed by atoms with Crippen LogP contribution in [0.15, 0.2) is 85.5 Å². The lowest BCUT2D eigenvalue weighted by Gasteiger charge is -2.08. The van der Waals surface area contributed by atoms with E-state index in [9.17, 15) is 5.11 Å². The van der Waals surface area contributed by atoms with E-state index in [2.05, 4.69) is 22.1 Å². The molecule has 0 fully saturated rings. The van der Waals surface area contributed by atoms with Crippen molar-refractivity contribution in [3.63, 3.8) is 0 Å². The molecule has 6 nitrogen and oxygen atoms in total. The van der Waals surface area contributed by atoms with Crippen LogP contribution in [0.5, 0.6) is 5.88 Å². The zero-order valence-electron chi connectivity index (χ0n) is 16.2. The Bertz CT molecular complexity index is 1290. The van der Waals surface area contributed by atoms with Gasteiger partial charge < -0.3 is 5.11 Å². The van der Waals surface area contributed by atoms with Gasteiger partial charge in [0.1, 0.15) is 5.69 Å². The number of aromatic hydroxyl groups is 1. The summed E-state index contributed by atoms with van der Waals surface area (Å²) in [6, 6.07) is 20.1. The van der Waals surface area contributed by atoms with E-state index in [4.69, 9.17) is 9.97 Å². The minimum atomic E-state index is 0.101. The van der Waals surface area contributed by atoms with E-state index in [1.807, 2.05) is 54.7 Å².